The number of hydrogen-bond donors (Lipinski definition) is 2. The fourth-order valence-corrected chi connectivity index (χ4v) is 4.91. The monoisotopic (exact) mass is 362 g/mol. The molecule has 0 atom stereocenters. The van der Waals surface area contributed by atoms with Gasteiger partial charge in [0.1, 0.15) is 0 Å². The minimum absolute atomic E-state index is 0.575. The van der Waals surface area contributed by atoms with Crippen molar-refractivity contribution in [3.63, 3.8) is 0 Å². The zero-order valence-corrected chi connectivity index (χ0v) is 17.5. The van der Waals surface area contributed by atoms with Gasteiger partial charge in [-0.3, -0.25) is 4.57 Å². The molecule has 0 unspecified atom stereocenters. The molecule has 0 fully saturated rings. The van der Waals surface area contributed by atoms with Gasteiger partial charge < -0.3 is 9.79 Å². The van der Waals surface area contributed by atoms with Crippen LogP contribution in [0.2, 0.25) is 0 Å². The van der Waals surface area contributed by atoms with E-state index in [2.05, 4.69) is 6.92 Å². The lowest BCUT2D eigenvalue weighted by molar-refractivity contribution is 0.300. The van der Waals surface area contributed by atoms with Crippen molar-refractivity contribution in [3.05, 3.63) is 0 Å². The second-order valence-electron chi connectivity index (χ2n) is 7.47. The molecule has 2 N–H and O–H groups in total. The normalized spacial score (nSPS) is 12.7. The van der Waals surface area contributed by atoms with Crippen LogP contribution in [0.5, 0.6) is 0 Å². The lowest BCUT2D eigenvalue weighted by Crippen LogP contribution is -2.27. The van der Waals surface area contributed by atoms with E-state index in [1.54, 1.807) is 0 Å². The summed E-state index contributed by atoms with van der Waals surface area (Å²) in [6, 6.07) is 0. The van der Waals surface area contributed by atoms with Gasteiger partial charge in [-0.15, -0.1) is 0 Å². The number of unbranched alkanes of at least 4 members (excludes halogenated alkanes) is 12. The number of rotatable bonds is 17. The molecule has 0 saturated heterocycles. The van der Waals surface area contributed by atoms with Crippen molar-refractivity contribution < 1.29 is 14.4 Å². The minimum atomic E-state index is -3.99. The van der Waals surface area contributed by atoms with Crippen LogP contribution in [0.1, 0.15) is 124 Å². The largest absolute Gasteiger partial charge is 0.331 e. The van der Waals surface area contributed by atoms with Crippen LogP contribution < -0.4 is 0 Å². The molecule has 3 nitrogen and oxygen atoms in total. The van der Waals surface area contributed by atoms with Gasteiger partial charge in [-0.05, 0) is 19.3 Å². The Balaban J connectivity index is 3.55. The average Bonchev–Trinajstić information content (AvgIpc) is 2.54. The van der Waals surface area contributed by atoms with E-state index in [4.69, 9.17) is 0 Å². The lowest BCUT2D eigenvalue weighted by atomic mass is 9.94. The Morgan fingerprint density at radius 2 is 0.958 bits per heavy atom. The quantitative estimate of drug-likeness (QED) is 0.212. The first-order chi connectivity index (χ1) is 11.4. The Morgan fingerprint density at radius 3 is 1.25 bits per heavy atom. The first-order valence-corrected chi connectivity index (χ1v) is 12.1. The molecule has 24 heavy (non-hydrogen) atoms. The summed E-state index contributed by atoms with van der Waals surface area (Å²) in [5.41, 5.74) is 0. The highest BCUT2D eigenvalue weighted by Gasteiger charge is 2.42. The maximum atomic E-state index is 11.8. The topological polar surface area (TPSA) is 57.5 Å². The molecule has 0 aliphatic carbocycles. The van der Waals surface area contributed by atoms with Crippen molar-refractivity contribution in [1.29, 1.82) is 0 Å². The third kappa shape index (κ3) is 10.2. The third-order valence-electron chi connectivity index (χ3n) is 5.68. The molecule has 0 aliphatic heterocycles. The zero-order chi connectivity index (χ0) is 18.3. The molecule has 0 bridgehead atoms. The predicted molar refractivity (Wildman–Crippen MR) is 106 cm³/mol. The zero-order valence-electron chi connectivity index (χ0n) is 16.6. The molecule has 0 aromatic carbocycles. The molecule has 4 heteroatoms. The second-order valence-corrected chi connectivity index (χ2v) is 9.50. The standard InChI is InChI=1S/C20H43O3P/c1-4-7-8-9-10-11-12-13-14-15-16-17-18-19-20(5-2,6-3)24(21,22)23/h4-19H2,1-3H3,(H2,21,22,23). The van der Waals surface area contributed by atoms with Crippen LogP contribution in [0.25, 0.3) is 0 Å². The van der Waals surface area contributed by atoms with E-state index >= 15 is 0 Å². The molecule has 0 amide bonds. The van der Waals surface area contributed by atoms with Crippen molar-refractivity contribution in [3.8, 4) is 0 Å². The maximum Gasteiger partial charge on any atom is 0.331 e. The molecule has 0 aliphatic rings. The summed E-state index contributed by atoms with van der Waals surface area (Å²) < 4.78 is 11.8. The Morgan fingerprint density at radius 1 is 0.625 bits per heavy atom. The lowest BCUT2D eigenvalue weighted by Gasteiger charge is -2.32. The maximum absolute atomic E-state index is 11.8. The number of hydrogen-bond acceptors (Lipinski definition) is 1. The van der Waals surface area contributed by atoms with Crippen molar-refractivity contribution in [2.45, 2.75) is 129 Å². The molecule has 0 aromatic rings. The van der Waals surface area contributed by atoms with E-state index in [0.29, 0.717) is 19.3 Å². The van der Waals surface area contributed by atoms with E-state index in [1.807, 2.05) is 13.8 Å². The fraction of sp³-hybridized carbons (Fsp3) is 1.00. The fourth-order valence-electron chi connectivity index (χ4n) is 3.63. The molecule has 0 spiro atoms. The van der Waals surface area contributed by atoms with E-state index in [9.17, 15) is 14.4 Å². The van der Waals surface area contributed by atoms with Crippen molar-refractivity contribution >= 4 is 7.60 Å². The summed E-state index contributed by atoms with van der Waals surface area (Å²) in [5.74, 6) is 0. The van der Waals surface area contributed by atoms with Crippen LogP contribution in [0, 0.1) is 0 Å². The Kier molecular flexibility index (Phi) is 14.4. The van der Waals surface area contributed by atoms with Crippen LogP contribution in [-0.2, 0) is 4.57 Å². The third-order valence-corrected chi connectivity index (χ3v) is 7.77. The van der Waals surface area contributed by atoms with Crippen molar-refractivity contribution in [1.82, 2.24) is 0 Å². The Bertz CT molecular complexity index is 321. The van der Waals surface area contributed by atoms with Gasteiger partial charge >= 0.3 is 7.60 Å². The molecule has 0 aromatic heterocycles. The SMILES string of the molecule is CCCCCCCCCCCCCCCC(CC)(CC)P(=O)(O)O. The summed E-state index contributed by atoms with van der Waals surface area (Å²) in [6.07, 6.45) is 18.7. The first kappa shape index (κ1) is 24.1. The van der Waals surface area contributed by atoms with Crippen LogP contribution in [0.15, 0.2) is 0 Å². The Labute approximate surface area is 151 Å². The van der Waals surface area contributed by atoms with Crippen molar-refractivity contribution in [2.24, 2.45) is 0 Å². The Hall–Kier alpha value is 0.150. The van der Waals surface area contributed by atoms with Crippen LogP contribution in [0.4, 0.5) is 0 Å². The van der Waals surface area contributed by atoms with Crippen LogP contribution in [0.3, 0.4) is 0 Å². The van der Waals surface area contributed by atoms with Gasteiger partial charge in [-0.25, -0.2) is 0 Å². The van der Waals surface area contributed by atoms with Gasteiger partial charge in [-0.2, -0.15) is 0 Å². The molecule has 0 heterocycles. The van der Waals surface area contributed by atoms with Gasteiger partial charge in [-0.1, -0.05) is 104 Å². The van der Waals surface area contributed by atoms with Gasteiger partial charge in [0.25, 0.3) is 0 Å². The molecule has 0 rings (SSSR count). The minimum Gasteiger partial charge on any atom is -0.324 e. The van der Waals surface area contributed by atoms with Gasteiger partial charge in [0.2, 0.25) is 0 Å². The van der Waals surface area contributed by atoms with E-state index in [1.165, 1.54) is 70.6 Å². The molecule has 0 radical (unpaired) electrons. The highest BCUT2D eigenvalue weighted by molar-refractivity contribution is 7.53. The molecule has 0 saturated carbocycles. The first-order valence-electron chi connectivity index (χ1n) is 10.5. The van der Waals surface area contributed by atoms with E-state index in [-0.39, 0.29) is 0 Å². The molecular weight excluding hydrogens is 319 g/mol. The highest BCUT2D eigenvalue weighted by atomic mass is 31.2. The summed E-state index contributed by atoms with van der Waals surface area (Å²) >= 11 is 0. The van der Waals surface area contributed by atoms with E-state index < -0.39 is 12.8 Å². The van der Waals surface area contributed by atoms with Crippen LogP contribution >= 0.6 is 7.60 Å². The summed E-state index contributed by atoms with van der Waals surface area (Å²) in [5, 5.41) is -0.773. The summed E-state index contributed by atoms with van der Waals surface area (Å²) in [6.45, 7) is 6.08. The van der Waals surface area contributed by atoms with Gasteiger partial charge in [0.15, 0.2) is 0 Å². The second kappa shape index (κ2) is 14.3. The smallest absolute Gasteiger partial charge is 0.324 e. The molecule has 146 valence electrons. The summed E-state index contributed by atoms with van der Waals surface area (Å²) in [7, 11) is -3.99. The predicted octanol–water partition coefficient (Wildman–Crippen LogP) is 7.20. The van der Waals surface area contributed by atoms with Crippen LogP contribution in [-0.4, -0.2) is 14.9 Å². The average molecular weight is 363 g/mol. The van der Waals surface area contributed by atoms with Gasteiger partial charge in [0, 0.05) is 0 Å². The summed E-state index contributed by atoms with van der Waals surface area (Å²) in [4.78, 5) is 19.3. The molecular formula is C20H43O3P. The highest BCUT2D eigenvalue weighted by Crippen LogP contribution is 2.57. The van der Waals surface area contributed by atoms with Gasteiger partial charge in [0.05, 0.1) is 5.16 Å². The van der Waals surface area contributed by atoms with Crippen molar-refractivity contribution in [2.75, 3.05) is 0 Å². The van der Waals surface area contributed by atoms with E-state index in [0.717, 1.165) is 12.8 Å².